The van der Waals surface area contributed by atoms with Crippen LogP contribution in [0.3, 0.4) is 0 Å². The van der Waals surface area contributed by atoms with Gasteiger partial charge in [0.1, 0.15) is 0 Å². The van der Waals surface area contributed by atoms with Crippen molar-refractivity contribution < 1.29 is 9.47 Å². The van der Waals surface area contributed by atoms with Gasteiger partial charge in [-0.1, -0.05) is 24.4 Å². The zero-order valence-electron chi connectivity index (χ0n) is 11.2. The van der Waals surface area contributed by atoms with Gasteiger partial charge in [-0.05, 0) is 25.8 Å². The highest BCUT2D eigenvalue weighted by Crippen LogP contribution is 2.47. The van der Waals surface area contributed by atoms with Crippen LogP contribution in [0.1, 0.15) is 36.8 Å². The van der Waals surface area contributed by atoms with E-state index in [2.05, 4.69) is 0 Å². The largest absolute Gasteiger partial charge is 0.493 e. The van der Waals surface area contributed by atoms with Crippen molar-refractivity contribution in [3.05, 3.63) is 22.2 Å². The maximum Gasteiger partial charge on any atom is 0.166 e. The topological polar surface area (TPSA) is 44.5 Å². The molecule has 100 valence electrons. The lowest BCUT2D eigenvalue weighted by molar-refractivity contribution is 0.335. The van der Waals surface area contributed by atoms with Crippen LogP contribution in [0.15, 0.2) is 6.07 Å². The van der Waals surface area contributed by atoms with Crippen molar-refractivity contribution in [2.24, 2.45) is 5.73 Å². The quantitative estimate of drug-likeness (QED) is 0.915. The summed E-state index contributed by atoms with van der Waals surface area (Å²) in [5.74, 6) is 1.42. The van der Waals surface area contributed by atoms with Crippen molar-refractivity contribution in [2.45, 2.75) is 38.1 Å². The summed E-state index contributed by atoms with van der Waals surface area (Å²) in [6.45, 7) is 1.92. The lowest BCUT2D eigenvalue weighted by atomic mass is 9.87. The highest BCUT2D eigenvalue weighted by Gasteiger charge is 2.36. The van der Waals surface area contributed by atoms with Crippen LogP contribution in [-0.2, 0) is 5.54 Å². The van der Waals surface area contributed by atoms with Gasteiger partial charge in [-0.3, -0.25) is 0 Å². The fourth-order valence-corrected chi connectivity index (χ4v) is 2.99. The maximum atomic E-state index is 6.51. The van der Waals surface area contributed by atoms with E-state index < -0.39 is 0 Å². The van der Waals surface area contributed by atoms with Crippen LogP contribution >= 0.6 is 11.6 Å². The van der Waals surface area contributed by atoms with Gasteiger partial charge in [0, 0.05) is 21.7 Å². The molecule has 0 unspecified atom stereocenters. The predicted octanol–water partition coefficient (Wildman–Crippen LogP) is 3.39. The molecule has 0 aromatic heterocycles. The van der Waals surface area contributed by atoms with E-state index in [4.69, 9.17) is 26.8 Å². The molecule has 0 bridgehead atoms. The van der Waals surface area contributed by atoms with Gasteiger partial charge >= 0.3 is 0 Å². The fraction of sp³-hybridized carbons (Fsp3) is 0.571. The molecule has 0 aliphatic heterocycles. The molecule has 1 aromatic carbocycles. The smallest absolute Gasteiger partial charge is 0.166 e. The van der Waals surface area contributed by atoms with Crippen molar-refractivity contribution >= 4 is 11.6 Å². The number of ether oxygens (including phenoxy) is 2. The molecule has 3 nitrogen and oxygen atoms in total. The molecule has 0 radical (unpaired) electrons. The second-order valence-corrected chi connectivity index (χ2v) is 5.37. The summed E-state index contributed by atoms with van der Waals surface area (Å²) in [6.07, 6.45) is 4.22. The standard InChI is InChI=1S/C14H20ClNO2/c1-9-11(15)8-10(13(18-3)12(9)17-2)14(16)6-4-5-7-14/h8H,4-7,16H2,1-3H3. The fourth-order valence-electron chi connectivity index (χ4n) is 2.80. The molecule has 1 aliphatic rings. The third kappa shape index (κ3) is 2.06. The molecule has 2 N–H and O–H groups in total. The SMILES string of the molecule is COc1c(C2(N)CCCC2)cc(Cl)c(C)c1OC. The van der Waals surface area contributed by atoms with Crippen LogP contribution < -0.4 is 15.2 Å². The Labute approximate surface area is 113 Å². The van der Waals surface area contributed by atoms with Crippen LogP contribution in [-0.4, -0.2) is 14.2 Å². The molecule has 0 amide bonds. The summed E-state index contributed by atoms with van der Waals surface area (Å²) < 4.78 is 10.9. The van der Waals surface area contributed by atoms with E-state index in [1.165, 1.54) is 0 Å². The van der Waals surface area contributed by atoms with Gasteiger partial charge in [-0.2, -0.15) is 0 Å². The highest BCUT2D eigenvalue weighted by molar-refractivity contribution is 6.31. The molecule has 1 aliphatic carbocycles. The van der Waals surface area contributed by atoms with Gasteiger partial charge in [0.05, 0.1) is 14.2 Å². The van der Waals surface area contributed by atoms with E-state index >= 15 is 0 Å². The predicted molar refractivity (Wildman–Crippen MR) is 73.6 cm³/mol. The average molecular weight is 270 g/mol. The maximum absolute atomic E-state index is 6.51. The Bertz CT molecular complexity index is 454. The van der Waals surface area contributed by atoms with Crippen LogP contribution in [0.2, 0.25) is 5.02 Å². The second-order valence-electron chi connectivity index (χ2n) is 4.96. The molecular weight excluding hydrogens is 250 g/mol. The number of benzene rings is 1. The minimum absolute atomic E-state index is 0.337. The Kier molecular flexibility index (Phi) is 3.74. The van der Waals surface area contributed by atoms with Gasteiger partial charge in [0.2, 0.25) is 0 Å². The summed E-state index contributed by atoms with van der Waals surface area (Å²) in [5, 5.41) is 0.680. The number of methoxy groups -OCH3 is 2. The molecule has 0 heterocycles. The Balaban J connectivity index is 2.63. The molecule has 1 fully saturated rings. The van der Waals surface area contributed by atoms with Crippen LogP contribution in [0.5, 0.6) is 11.5 Å². The number of rotatable bonds is 3. The van der Waals surface area contributed by atoms with Crippen LogP contribution in [0.25, 0.3) is 0 Å². The van der Waals surface area contributed by atoms with E-state index in [9.17, 15) is 0 Å². The van der Waals surface area contributed by atoms with Crippen LogP contribution in [0, 0.1) is 6.92 Å². The Morgan fingerprint density at radius 2 is 1.72 bits per heavy atom. The van der Waals surface area contributed by atoms with Crippen molar-refractivity contribution in [3.63, 3.8) is 0 Å². The normalized spacial score (nSPS) is 17.8. The van der Waals surface area contributed by atoms with Gasteiger partial charge in [-0.25, -0.2) is 0 Å². The van der Waals surface area contributed by atoms with Gasteiger partial charge in [-0.15, -0.1) is 0 Å². The third-order valence-corrected chi connectivity index (χ3v) is 4.25. The first-order valence-corrected chi connectivity index (χ1v) is 6.61. The summed E-state index contributed by atoms with van der Waals surface area (Å²) in [5.41, 5.74) is 8.03. The van der Waals surface area contributed by atoms with Crippen molar-refractivity contribution in [3.8, 4) is 11.5 Å². The van der Waals surface area contributed by atoms with Gasteiger partial charge in [0.15, 0.2) is 11.5 Å². The molecule has 0 saturated heterocycles. The summed E-state index contributed by atoms with van der Waals surface area (Å²) in [6, 6.07) is 1.93. The molecular formula is C14H20ClNO2. The van der Waals surface area contributed by atoms with Gasteiger partial charge < -0.3 is 15.2 Å². The monoisotopic (exact) mass is 269 g/mol. The summed E-state index contributed by atoms with van der Waals surface area (Å²) >= 11 is 6.28. The zero-order chi connectivity index (χ0) is 13.3. The number of nitrogens with two attached hydrogens (primary N) is 1. The number of halogens is 1. The molecule has 0 spiro atoms. The first kappa shape index (κ1) is 13.5. The van der Waals surface area contributed by atoms with Crippen LogP contribution in [0.4, 0.5) is 0 Å². The first-order valence-electron chi connectivity index (χ1n) is 6.24. The summed E-state index contributed by atoms with van der Waals surface area (Å²) in [4.78, 5) is 0. The molecule has 0 atom stereocenters. The van der Waals surface area contributed by atoms with E-state index in [0.717, 1.165) is 42.6 Å². The Morgan fingerprint density at radius 1 is 1.17 bits per heavy atom. The van der Waals surface area contributed by atoms with Crippen molar-refractivity contribution in [2.75, 3.05) is 14.2 Å². The average Bonchev–Trinajstić information content (AvgIpc) is 2.80. The van der Waals surface area contributed by atoms with E-state index in [-0.39, 0.29) is 5.54 Å². The van der Waals surface area contributed by atoms with Crippen molar-refractivity contribution in [1.82, 2.24) is 0 Å². The molecule has 1 aromatic rings. The van der Waals surface area contributed by atoms with E-state index in [1.807, 2.05) is 13.0 Å². The molecule has 2 rings (SSSR count). The number of hydrogen-bond acceptors (Lipinski definition) is 3. The first-order chi connectivity index (χ1) is 8.53. The molecule has 1 saturated carbocycles. The Morgan fingerprint density at radius 3 is 2.22 bits per heavy atom. The van der Waals surface area contributed by atoms with E-state index in [1.54, 1.807) is 14.2 Å². The minimum atomic E-state index is -0.337. The summed E-state index contributed by atoms with van der Waals surface area (Å²) in [7, 11) is 3.27. The zero-order valence-corrected chi connectivity index (χ0v) is 11.9. The molecule has 4 heteroatoms. The second kappa shape index (κ2) is 4.98. The lowest BCUT2D eigenvalue weighted by Gasteiger charge is -2.28. The highest BCUT2D eigenvalue weighted by atomic mass is 35.5. The Hall–Kier alpha value is -0.930. The number of hydrogen-bond donors (Lipinski definition) is 1. The van der Waals surface area contributed by atoms with Gasteiger partial charge in [0.25, 0.3) is 0 Å². The lowest BCUT2D eigenvalue weighted by Crippen LogP contribution is -2.33. The minimum Gasteiger partial charge on any atom is -0.493 e. The van der Waals surface area contributed by atoms with Crippen molar-refractivity contribution in [1.29, 1.82) is 0 Å². The van der Waals surface area contributed by atoms with E-state index in [0.29, 0.717) is 10.8 Å². The third-order valence-electron chi connectivity index (χ3n) is 3.86. The molecule has 18 heavy (non-hydrogen) atoms.